The normalized spacial score (nSPS) is 20.4. The van der Waals surface area contributed by atoms with Gasteiger partial charge in [-0.25, -0.2) is 0 Å². The van der Waals surface area contributed by atoms with Gasteiger partial charge in [0.25, 0.3) is 0 Å². The van der Waals surface area contributed by atoms with Gasteiger partial charge in [-0.15, -0.1) is 12.4 Å². The van der Waals surface area contributed by atoms with E-state index in [1.54, 1.807) is 11.1 Å². The zero-order valence-electron chi connectivity index (χ0n) is 11.0. The van der Waals surface area contributed by atoms with Crippen LogP contribution >= 0.6 is 12.4 Å². The standard InChI is InChI=1S/C16H23N.ClH/c1-2-6-13(7-3-1)12-17-16-10-14-8-4-5-9-15(14)11-16;/h4-5,8-9,13,16-17H,1-3,6-7,10-12H2;1H. The van der Waals surface area contributed by atoms with Crippen LogP contribution in [0.5, 0.6) is 0 Å². The van der Waals surface area contributed by atoms with Gasteiger partial charge in [0.2, 0.25) is 0 Å². The van der Waals surface area contributed by atoms with Crippen LogP contribution in [0, 0.1) is 5.92 Å². The molecule has 1 aromatic rings. The molecule has 0 atom stereocenters. The van der Waals surface area contributed by atoms with Gasteiger partial charge in [-0.1, -0.05) is 43.5 Å². The van der Waals surface area contributed by atoms with Gasteiger partial charge in [-0.2, -0.15) is 0 Å². The summed E-state index contributed by atoms with van der Waals surface area (Å²) in [4.78, 5) is 0. The van der Waals surface area contributed by atoms with Gasteiger partial charge in [0.1, 0.15) is 0 Å². The Bertz CT molecular complexity index is 346. The summed E-state index contributed by atoms with van der Waals surface area (Å²) >= 11 is 0. The zero-order chi connectivity index (χ0) is 11.5. The molecule has 100 valence electrons. The van der Waals surface area contributed by atoms with Crippen LogP contribution in [-0.4, -0.2) is 12.6 Å². The van der Waals surface area contributed by atoms with Crippen LogP contribution in [0.25, 0.3) is 0 Å². The minimum atomic E-state index is 0. The van der Waals surface area contributed by atoms with Crippen LogP contribution < -0.4 is 5.32 Å². The van der Waals surface area contributed by atoms with Crippen molar-refractivity contribution in [1.82, 2.24) is 5.32 Å². The van der Waals surface area contributed by atoms with Gasteiger partial charge in [-0.3, -0.25) is 0 Å². The van der Waals surface area contributed by atoms with Crippen molar-refractivity contribution in [3.8, 4) is 0 Å². The van der Waals surface area contributed by atoms with E-state index in [9.17, 15) is 0 Å². The summed E-state index contributed by atoms with van der Waals surface area (Å²) in [6.07, 6.45) is 9.75. The van der Waals surface area contributed by atoms with E-state index in [1.165, 1.54) is 51.5 Å². The Balaban J connectivity index is 0.00000120. The largest absolute Gasteiger partial charge is 0.313 e. The maximum absolute atomic E-state index is 3.80. The fraction of sp³-hybridized carbons (Fsp3) is 0.625. The second-order valence-corrected chi connectivity index (χ2v) is 5.79. The molecule has 0 unspecified atom stereocenters. The molecule has 0 bridgehead atoms. The molecule has 0 aromatic heterocycles. The fourth-order valence-electron chi connectivity index (χ4n) is 3.43. The number of rotatable bonds is 3. The van der Waals surface area contributed by atoms with E-state index < -0.39 is 0 Å². The van der Waals surface area contributed by atoms with Gasteiger partial charge in [-0.05, 0) is 49.3 Å². The van der Waals surface area contributed by atoms with Crippen molar-refractivity contribution in [3.05, 3.63) is 35.4 Å². The van der Waals surface area contributed by atoms with Gasteiger partial charge >= 0.3 is 0 Å². The van der Waals surface area contributed by atoms with E-state index in [0.29, 0.717) is 6.04 Å². The minimum absolute atomic E-state index is 0. The second kappa shape index (κ2) is 6.58. The van der Waals surface area contributed by atoms with E-state index in [1.807, 2.05) is 0 Å². The summed E-state index contributed by atoms with van der Waals surface area (Å²) in [5.74, 6) is 0.951. The molecule has 2 aliphatic carbocycles. The van der Waals surface area contributed by atoms with Gasteiger partial charge in [0.15, 0.2) is 0 Å². The lowest BCUT2D eigenvalue weighted by molar-refractivity contribution is 0.328. The Hall–Kier alpha value is -0.530. The van der Waals surface area contributed by atoms with Crippen molar-refractivity contribution in [1.29, 1.82) is 0 Å². The third kappa shape index (κ3) is 3.27. The van der Waals surface area contributed by atoms with Gasteiger partial charge in [0.05, 0.1) is 0 Å². The Morgan fingerprint density at radius 3 is 2.17 bits per heavy atom. The molecule has 1 saturated carbocycles. The predicted octanol–water partition coefficient (Wildman–Crippen LogP) is 3.75. The first-order valence-corrected chi connectivity index (χ1v) is 7.22. The first-order valence-electron chi connectivity index (χ1n) is 7.22. The van der Waals surface area contributed by atoms with Crippen molar-refractivity contribution >= 4 is 12.4 Å². The van der Waals surface area contributed by atoms with E-state index >= 15 is 0 Å². The van der Waals surface area contributed by atoms with E-state index in [0.717, 1.165) is 5.92 Å². The summed E-state index contributed by atoms with van der Waals surface area (Å²) in [6.45, 7) is 1.25. The molecular formula is C16H24ClN. The van der Waals surface area contributed by atoms with Crippen LogP contribution in [-0.2, 0) is 12.8 Å². The molecule has 0 spiro atoms. The summed E-state index contributed by atoms with van der Waals surface area (Å²) in [5, 5.41) is 3.80. The third-order valence-electron chi connectivity index (χ3n) is 4.47. The first kappa shape index (κ1) is 13.9. The van der Waals surface area contributed by atoms with Crippen LogP contribution in [0.4, 0.5) is 0 Å². The van der Waals surface area contributed by atoms with E-state index in [4.69, 9.17) is 0 Å². The topological polar surface area (TPSA) is 12.0 Å². The first-order chi connectivity index (χ1) is 8.42. The summed E-state index contributed by atoms with van der Waals surface area (Å²) in [7, 11) is 0. The summed E-state index contributed by atoms with van der Waals surface area (Å²) in [5.41, 5.74) is 3.13. The SMILES string of the molecule is Cl.c1ccc2c(c1)CC(NCC1CCCCC1)C2. The highest BCUT2D eigenvalue weighted by Crippen LogP contribution is 2.25. The number of hydrogen-bond acceptors (Lipinski definition) is 1. The fourth-order valence-corrected chi connectivity index (χ4v) is 3.43. The zero-order valence-corrected chi connectivity index (χ0v) is 11.8. The number of halogens is 1. The lowest BCUT2D eigenvalue weighted by Gasteiger charge is -2.23. The lowest BCUT2D eigenvalue weighted by atomic mass is 9.89. The maximum atomic E-state index is 3.80. The third-order valence-corrected chi connectivity index (χ3v) is 4.47. The highest BCUT2D eigenvalue weighted by molar-refractivity contribution is 5.85. The molecule has 0 radical (unpaired) electrons. The second-order valence-electron chi connectivity index (χ2n) is 5.79. The summed E-state index contributed by atoms with van der Waals surface area (Å²) in [6, 6.07) is 9.62. The monoisotopic (exact) mass is 265 g/mol. The number of fused-ring (bicyclic) bond motifs is 1. The molecule has 0 amide bonds. The molecule has 0 saturated heterocycles. The Morgan fingerprint density at radius 1 is 0.944 bits per heavy atom. The molecular weight excluding hydrogens is 242 g/mol. The molecule has 0 heterocycles. The van der Waals surface area contributed by atoms with Crippen molar-refractivity contribution in [2.24, 2.45) is 5.92 Å². The van der Waals surface area contributed by atoms with Crippen LogP contribution in [0.15, 0.2) is 24.3 Å². The summed E-state index contributed by atoms with van der Waals surface area (Å²) < 4.78 is 0. The molecule has 1 fully saturated rings. The Kier molecular flexibility index (Phi) is 5.08. The highest BCUT2D eigenvalue weighted by Gasteiger charge is 2.21. The van der Waals surface area contributed by atoms with Crippen molar-refractivity contribution in [2.45, 2.75) is 51.0 Å². The smallest absolute Gasteiger partial charge is 0.0148 e. The Morgan fingerprint density at radius 2 is 1.56 bits per heavy atom. The predicted molar refractivity (Wildman–Crippen MR) is 79.5 cm³/mol. The molecule has 2 heteroatoms. The molecule has 1 aromatic carbocycles. The van der Waals surface area contributed by atoms with Crippen LogP contribution in [0.1, 0.15) is 43.2 Å². The average molecular weight is 266 g/mol. The number of benzene rings is 1. The van der Waals surface area contributed by atoms with E-state index in [-0.39, 0.29) is 12.4 Å². The molecule has 18 heavy (non-hydrogen) atoms. The van der Waals surface area contributed by atoms with E-state index in [2.05, 4.69) is 29.6 Å². The van der Waals surface area contributed by atoms with Gasteiger partial charge in [0, 0.05) is 6.04 Å². The molecule has 1 nitrogen and oxygen atoms in total. The quantitative estimate of drug-likeness (QED) is 0.878. The van der Waals surface area contributed by atoms with Crippen molar-refractivity contribution < 1.29 is 0 Å². The number of hydrogen-bond donors (Lipinski definition) is 1. The van der Waals surface area contributed by atoms with Gasteiger partial charge < -0.3 is 5.32 Å². The molecule has 3 rings (SSSR count). The highest BCUT2D eigenvalue weighted by atomic mass is 35.5. The van der Waals surface area contributed by atoms with Crippen molar-refractivity contribution in [2.75, 3.05) is 6.54 Å². The maximum Gasteiger partial charge on any atom is 0.0148 e. The molecule has 1 N–H and O–H groups in total. The minimum Gasteiger partial charge on any atom is -0.313 e. The van der Waals surface area contributed by atoms with Crippen LogP contribution in [0.3, 0.4) is 0 Å². The molecule has 2 aliphatic rings. The van der Waals surface area contributed by atoms with Crippen LogP contribution in [0.2, 0.25) is 0 Å². The van der Waals surface area contributed by atoms with Crippen molar-refractivity contribution in [3.63, 3.8) is 0 Å². The number of nitrogens with one attached hydrogen (secondary N) is 1. The lowest BCUT2D eigenvalue weighted by Crippen LogP contribution is -2.34. The average Bonchev–Trinajstić information content (AvgIpc) is 2.80. The molecule has 0 aliphatic heterocycles. The Labute approximate surface area is 117 Å².